The summed E-state index contributed by atoms with van der Waals surface area (Å²) in [5.74, 6) is 0. The number of aliphatic hydroxyl groups is 1. The molecule has 0 fully saturated rings. The van der Waals surface area contributed by atoms with Crippen LogP contribution in [0.15, 0.2) is 42.7 Å². The first-order chi connectivity index (χ1) is 8.16. The molecule has 0 radical (unpaired) electrons. The van der Waals surface area contributed by atoms with Gasteiger partial charge in [-0.1, -0.05) is 23.2 Å². The first-order valence-corrected chi connectivity index (χ1v) is 5.94. The Labute approximate surface area is 110 Å². The molecule has 2 aromatic rings. The third-order valence-electron chi connectivity index (χ3n) is 2.50. The van der Waals surface area contributed by atoms with E-state index in [1.807, 2.05) is 12.1 Å². The van der Waals surface area contributed by atoms with E-state index in [4.69, 9.17) is 23.2 Å². The number of aromatic nitrogens is 1. The van der Waals surface area contributed by atoms with E-state index in [-0.39, 0.29) is 0 Å². The minimum Gasteiger partial charge on any atom is -0.388 e. The second kappa shape index (κ2) is 5.50. The molecule has 0 aliphatic rings. The van der Waals surface area contributed by atoms with E-state index in [1.165, 1.54) is 0 Å². The van der Waals surface area contributed by atoms with E-state index in [0.29, 0.717) is 22.0 Å². The molecule has 1 heterocycles. The van der Waals surface area contributed by atoms with Gasteiger partial charge in [0.15, 0.2) is 0 Å². The third-order valence-corrected chi connectivity index (χ3v) is 3.07. The summed E-state index contributed by atoms with van der Waals surface area (Å²) in [6.45, 7) is 0. The molecule has 1 aromatic heterocycles. The van der Waals surface area contributed by atoms with E-state index in [2.05, 4.69) is 4.98 Å². The van der Waals surface area contributed by atoms with Crippen molar-refractivity contribution in [3.05, 3.63) is 63.9 Å². The summed E-state index contributed by atoms with van der Waals surface area (Å²) in [7, 11) is 0. The number of rotatable bonds is 3. The van der Waals surface area contributed by atoms with E-state index in [1.54, 1.807) is 30.6 Å². The highest BCUT2D eigenvalue weighted by Crippen LogP contribution is 2.28. The first-order valence-electron chi connectivity index (χ1n) is 5.19. The molecule has 0 amide bonds. The molecule has 0 aliphatic heterocycles. The van der Waals surface area contributed by atoms with Crippen molar-refractivity contribution in [3.8, 4) is 0 Å². The van der Waals surface area contributed by atoms with Gasteiger partial charge in [0.2, 0.25) is 0 Å². The van der Waals surface area contributed by atoms with Crippen molar-refractivity contribution < 1.29 is 5.11 Å². The number of nitrogens with zero attached hydrogens (tertiary/aromatic N) is 1. The van der Waals surface area contributed by atoms with Crippen molar-refractivity contribution in [1.29, 1.82) is 0 Å². The smallest absolute Gasteiger partial charge is 0.0845 e. The topological polar surface area (TPSA) is 33.1 Å². The summed E-state index contributed by atoms with van der Waals surface area (Å²) < 4.78 is 0. The molecule has 2 nitrogen and oxygen atoms in total. The van der Waals surface area contributed by atoms with Crippen LogP contribution in [0.5, 0.6) is 0 Å². The SMILES string of the molecule is OC(Cc1ccncc1)c1cc(Cl)ccc1Cl. The summed E-state index contributed by atoms with van der Waals surface area (Å²) in [5.41, 5.74) is 1.65. The fourth-order valence-electron chi connectivity index (χ4n) is 1.62. The van der Waals surface area contributed by atoms with Crippen LogP contribution >= 0.6 is 23.2 Å². The Balaban J connectivity index is 2.20. The van der Waals surface area contributed by atoms with E-state index in [9.17, 15) is 5.11 Å². The van der Waals surface area contributed by atoms with Gasteiger partial charge >= 0.3 is 0 Å². The molecule has 2 rings (SSSR count). The molecular weight excluding hydrogens is 257 g/mol. The number of pyridine rings is 1. The van der Waals surface area contributed by atoms with Gasteiger partial charge in [0, 0.05) is 34.4 Å². The quantitative estimate of drug-likeness (QED) is 0.921. The van der Waals surface area contributed by atoms with Crippen molar-refractivity contribution in [2.45, 2.75) is 12.5 Å². The van der Waals surface area contributed by atoms with Crippen molar-refractivity contribution in [1.82, 2.24) is 4.98 Å². The Morgan fingerprint density at radius 2 is 1.82 bits per heavy atom. The van der Waals surface area contributed by atoms with Gasteiger partial charge < -0.3 is 5.11 Å². The monoisotopic (exact) mass is 267 g/mol. The average molecular weight is 268 g/mol. The number of hydrogen-bond donors (Lipinski definition) is 1. The van der Waals surface area contributed by atoms with E-state index >= 15 is 0 Å². The highest BCUT2D eigenvalue weighted by molar-refractivity contribution is 6.33. The average Bonchev–Trinajstić information content (AvgIpc) is 2.33. The van der Waals surface area contributed by atoms with Crippen molar-refractivity contribution >= 4 is 23.2 Å². The Bertz CT molecular complexity index is 502. The second-order valence-corrected chi connectivity index (χ2v) is 4.58. The van der Waals surface area contributed by atoms with Crippen LogP contribution in [0.2, 0.25) is 10.0 Å². The van der Waals surface area contributed by atoms with Crippen LogP contribution in [-0.4, -0.2) is 10.1 Å². The molecule has 1 atom stereocenters. The molecule has 0 aliphatic carbocycles. The fraction of sp³-hybridized carbons (Fsp3) is 0.154. The number of hydrogen-bond acceptors (Lipinski definition) is 2. The molecule has 17 heavy (non-hydrogen) atoms. The largest absolute Gasteiger partial charge is 0.388 e. The van der Waals surface area contributed by atoms with Gasteiger partial charge in [0.1, 0.15) is 0 Å². The van der Waals surface area contributed by atoms with Gasteiger partial charge in [0.25, 0.3) is 0 Å². The van der Waals surface area contributed by atoms with Crippen LogP contribution in [0.25, 0.3) is 0 Å². The summed E-state index contributed by atoms with van der Waals surface area (Å²) in [6.07, 6.45) is 3.22. The zero-order valence-electron chi connectivity index (χ0n) is 8.98. The molecule has 0 saturated heterocycles. The maximum Gasteiger partial charge on any atom is 0.0845 e. The zero-order chi connectivity index (χ0) is 12.3. The third kappa shape index (κ3) is 3.19. The lowest BCUT2D eigenvalue weighted by atomic mass is 10.0. The van der Waals surface area contributed by atoms with Crippen LogP contribution in [-0.2, 0) is 6.42 Å². The van der Waals surface area contributed by atoms with Crippen molar-refractivity contribution in [2.75, 3.05) is 0 Å². The van der Waals surface area contributed by atoms with Gasteiger partial charge in [-0.3, -0.25) is 4.98 Å². The number of halogens is 2. The minimum atomic E-state index is -0.663. The first kappa shape index (κ1) is 12.4. The predicted octanol–water partition coefficient (Wildman–Crippen LogP) is 3.66. The summed E-state index contributed by atoms with van der Waals surface area (Å²) >= 11 is 11.9. The summed E-state index contributed by atoms with van der Waals surface area (Å²) in [6, 6.07) is 8.81. The fourth-order valence-corrected chi connectivity index (χ4v) is 2.05. The van der Waals surface area contributed by atoms with Crippen molar-refractivity contribution in [3.63, 3.8) is 0 Å². The highest BCUT2D eigenvalue weighted by atomic mass is 35.5. The van der Waals surface area contributed by atoms with Crippen LogP contribution in [0, 0.1) is 0 Å². The van der Waals surface area contributed by atoms with Gasteiger partial charge in [0.05, 0.1) is 6.10 Å². The number of benzene rings is 1. The zero-order valence-corrected chi connectivity index (χ0v) is 10.5. The van der Waals surface area contributed by atoms with Gasteiger partial charge in [-0.15, -0.1) is 0 Å². The van der Waals surface area contributed by atoms with Gasteiger partial charge in [-0.2, -0.15) is 0 Å². The highest BCUT2D eigenvalue weighted by Gasteiger charge is 2.12. The van der Waals surface area contributed by atoms with Crippen molar-refractivity contribution in [2.24, 2.45) is 0 Å². The summed E-state index contributed by atoms with van der Waals surface area (Å²) in [5, 5.41) is 11.2. The molecule has 0 saturated carbocycles. The Morgan fingerprint density at radius 1 is 1.12 bits per heavy atom. The number of aliphatic hydroxyl groups excluding tert-OH is 1. The minimum absolute atomic E-state index is 0.489. The molecule has 0 bridgehead atoms. The lowest BCUT2D eigenvalue weighted by molar-refractivity contribution is 0.178. The molecule has 1 aromatic carbocycles. The molecular formula is C13H11Cl2NO. The Hall–Kier alpha value is -1.09. The van der Waals surface area contributed by atoms with Gasteiger partial charge in [-0.05, 0) is 35.9 Å². The standard InChI is InChI=1S/C13H11Cl2NO/c14-10-1-2-12(15)11(8-10)13(17)7-9-3-5-16-6-4-9/h1-6,8,13,17H,7H2. The second-order valence-electron chi connectivity index (χ2n) is 3.74. The molecule has 1 unspecified atom stereocenters. The molecule has 0 spiro atoms. The summed E-state index contributed by atoms with van der Waals surface area (Å²) in [4.78, 5) is 3.93. The lowest BCUT2D eigenvalue weighted by Crippen LogP contribution is -2.02. The van der Waals surface area contributed by atoms with E-state index < -0.39 is 6.10 Å². The Kier molecular flexibility index (Phi) is 4.00. The lowest BCUT2D eigenvalue weighted by Gasteiger charge is -2.13. The van der Waals surface area contributed by atoms with Gasteiger partial charge in [-0.25, -0.2) is 0 Å². The van der Waals surface area contributed by atoms with Crippen LogP contribution in [0.4, 0.5) is 0 Å². The normalized spacial score (nSPS) is 12.4. The Morgan fingerprint density at radius 3 is 2.53 bits per heavy atom. The molecule has 4 heteroatoms. The van der Waals surface area contributed by atoms with Crippen LogP contribution in [0.3, 0.4) is 0 Å². The molecule has 88 valence electrons. The maximum atomic E-state index is 10.1. The predicted molar refractivity (Wildman–Crippen MR) is 69.4 cm³/mol. The van der Waals surface area contributed by atoms with E-state index in [0.717, 1.165) is 5.56 Å². The van der Waals surface area contributed by atoms with Crippen LogP contribution < -0.4 is 0 Å². The maximum absolute atomic E-state index is 10.1. The van der Waals surface area contributed by atoms with Crippen LogP contribution in [0.1, 0.15) is 17.2 Å². The molecule has 1 N–H and O–H groups in total.